The molecular weight excluding hydrogens is 456 g/mol. The van der Waals surface area contributed by atoms with Crippen molar-refractivity contribution in [3.8, 4) is 22.3 Å². The molecule has 0 saturated carbocycles. The van der Waals surface area contributed by atoms with Crippen molar-refractivity contribution in [1.82, 2.24) is 0 Å². The predicted octanol–water partition coefficient (Wildman–Crippen LogP) is 12.0. The van der Waals surface area contributed by atoms with Crippen molar-refractivity contribution in [3.05, 3.63) is 82.4 Å². The molecule has 0 heterocycles. The zero-order valence-corrected chi connectivity index (χ0v) is 25.1. The van der Waals surface area contributed by atoms with Crippen molar-refractivity contribution in [2.24, 2.45) is 0 Å². The summed E-state index contributed by atoms with van der Waals surface area (Å²) in [7, 11) is 0. The van der Waals surface area contributed by atoms with Crippen LogP contribution in [-0.2, 0) is 5.41 Å². The maximum atomic E-state index is 2.59. The third kappa shape index (κ3) is 6.44. The van der Waals surface area contributed by atoms with Crippen LogP contribution >= 0.6 is 0 Å². The van der Waals surface area contributed by atoms with E-state index in [4.69, 9.17) is 0 Å². The van der Waals surface area contributed by atoms with Crippen molar-refractivity contribution < 1.29 is 0 Å². The fraction of sp³-hybridized carbons (Fsp3) is 0.526. The topological polar surface area (TPSA) is 0 Å². The zero-order valence-electron chi connectivity index (χ0n) is 25.1. The van der Waals surface area contributed by atoms with Gasteiger partial charge in [0.15, 0.2) is 0 Å². The Morgan fingerprint density at radius 1 is 0.474 bits per heavy atom. The second-order valence-corrected chi connectivity index (χ2v) is 12.2. The highest BCUT2D eigenvalue weighted by Gasteiger charge is 2.42. The third-order valence-electron chi connectivity index (χ3n) is 9.27. The van der Waals surface area contributed by atoms with Gasteiger partial charge in [-0.2, -0.15) is 0 Å². The fourth-order valence-corrected chi connectivity index (χ4v) is 6.79. The Balaban J connectivity index is 1.71. The van der Waals surface area contributed by atoms with E-state index in [-0.39, 0.29) is 5.41 Å². The molecule has 0 bridgehead atoms. The number of unbranched alkanes of at least 4 members (excludes halogenated alkanes) is 10. The van der Waals surface area contributed by atoms with Gasteiger partial charge in [0.25, 0.3) is 0 Å². The third-order valence-corrected chi connectivity index (χ3v) is 9.27. The second kappa shape index (κ2) is 13.6. The molecule has 38 heavy (non-hydrogen) atoms. The second-order valence-electron chi connectivity index (χ2n) is 12.2. The minimum Gasteiger partial charge on any atom is -0.0654 e. The predicted molar refractivity (Wildman–Crippen MR) is 168 cm³/mol. The van der Waals surface area contributed by atoms with Crippen LogP contribution < -0.4 is 0 Å². The largest absolute Gasteiger partial charge is 0.0654 e. The average molecular weight is 509 g/mol. The van der Waals surface area contributed by atoms with E-state index < -0.39 is 0 Å². The Bertz CT molecular complexity index is 1160. The minimum absolute atomic E-state index is 0.155. The molecular formula is C38H52. The lowest BCUT2D eigenvalue weighted by molar-refractivity contribution is 0.398. The molecule has 204 valence electrons. The van der Waals surface area contributed by atoms with Gasteiger partial charge in [-0.1, -0.05) is 145 Å². The van der Waals surface area contributed by atoms with Gasteiger partial charge in [0.1, 0.15) is 0 Å². The molecule has 3 aromatic carbocycles. The van der Waals surface area contributed by atoms with Gasteiger partial charge >= 0.3 is 0 Å². The lowest BCUT2D eigenvalue weighted by Crippen LogP contribution is -2.25. The number of hydrogen-bond donors (Lipinski definition) is 0. The highest BCUT2D eigenvalue weighted by molar-refractivity contribution is 5.84. The molecule has 0 atom stereocenters. The van der Waals surface area contributed by atoms with Crippen molar-refractivity contribution in [1.29, 1.82) is 0 Å². The van der Waals surface area contributed by atoms with Crippen LogP contribution in [0.3, 0.4) is 0 Å². The first-order valence-electron chi connectivity index (χ1n) is 15.8. The van der Waals surface area contributed by atoms with Crippen LogP contribution in [-0.4, -0.2) is 0 Å². The first kappa shape index (κ1) is 28.7. The van der Waals surface area contributed by atoms with Crippen molar-refractivity contribution in [2.45, 2.75) is 130 Å². The van der Waals surface area contributed by atoms with Gasteiger partial charge in [0.2, 0.25) is 0 Å². The Hall–Kier alpha value is -2.34. The van der Waals surface area contributed by atoms with E-state index in [1.54, 1.807) is 11.1 Å². The van der Waals surface area contributed by atoms with Crippen molar-refractivity contribution >= 4 is 0 Å². The Labute approximate surface area is 234 Å². The highest BCUT2D eigenvalue weighted by Crippen LogP contribution is 2.55. The highest BCUT2D eigenvalue weighted by atomic mass is 14.4. The van der Waals surface area contributed by atoms with E-state index in [0.29, 0.717) is 0 Å². The first-order valence-corrected chi connectivity index (χ1v) is 15.8. The van der Waals surface area contributed by atoms with Gasteiger partial charge in [0.05, 0.1) is 0 Å². The van der Waals surface area contributed by atoms with Crippen molar-refractivity contribution in [3.63, 3.8) is 0 Å². The monoisotopic (exact) mass is 508 g/mol. The van der Waals surface area contributed by atoms with Crippen LogP contribution in [0.4, 0.5) is 0 Å². The number of benzene rings is 3. The van der Waals surface area contributed by atoms with Crippen molar-refractivity contribution in [2.75, 3.05) is 0 Å². The molecule has 0 spiro atoms. The van der Waals surface area contributed by atoms with Gasteiger partial charge in [-0.25, -0.2) is 0 Å². The molecule has 0 heteroatoms. The summed E-state index contributed by atoms with van der Waals surface area (Å²) < 4.78 is 0. The lowest BCUT2D eigenvalue weighted by atomic mass is 9.70. The summed E-state index contributed by atoms with van der Waals surface area (Å²) in [6.07, 6.45) is 18.9. The van der Waals surface area contributed by atoms with E-state index in [1.165, 1.54) is 129 Å². The summed E-state index contributed by atoms with van der Waals surface area (Å²) in [5, 5.41) is 0. The summed E-state index contributed by atoms with van der Waals surface area (Å²) in [4.78, 5) is 0. The number of hydrogen-bond acceptors (Lipinski definition) is 0. The van der Waals surface area contributed by atoms with E-state index in [0.717, 1.165) is 0 Å². The molecule has 0 N–H and O–H groups in total. The molecule has 3 aromatic rings. The van der Waals surface area contributed by atoms with Crippen LogP contribution in [0.1, 0.15) is 132 Å². The molecule has 0 aliphatic heterocycles. The summed E-state index contributed by atoms with van der Waals surface area (Å²) in [6.45, 7) is 11.4. The number of rotatable bonds is 15. The van der Waals surface area contributed by atoms with Gasteiger partial charge in [-0.15, -0.1) is 0 Å². The van der Waals surface area contributed by atoms with Gasteiger partial charge in [-0.05, 0) is 84.2 Å². The molecule has 0 radical (unpaired) electrons. The maximum absolute atomic E-state index is 2.59. The lowest BCUT2D eigenvalue weighted by Gasteiger charge is -2.33. The maximum Gasteiger partial charge on any atom is 0.0215 e. The summed E-state index contributed by atoms with van der Waals surface area (Å²) in [5.74, 6) is 0. The molecule has 0 aromatic heterocycles. The van der Waals surface area contributed by atoms with Gasteiger partial charge in [-0.3, -0.25) is 0 Å². The molecule has 0 unspecified atom stereocenters. The Morgan fingerprint density at radius 2 is 0.974 bits per heavy atom. The van der Waals surface area contributed by atoms with E-state index in [1.807, 2.05) is 0 Å². The smallest absolute Gasteiger partial charge is 0.0215 e. The van der Waals surface area contributed by atoms with Crippen LogP contribution in [0, 0.1) is 20.8 Å². The van der Waals surface area contributed by atoms with Crippen LogP contribution in [0.2, 0.25) is 0 Å². The standard InChI is InChI=1S/C38H52/c1-6-8-10-12-14-16-24-38(25-17-15-13-11-9-7-2)36-26-29(3)18-22-34(36)35-23-21-33(28-37(35)38)32-20-19-30(4)31(5)27-32/h18-23,26-28H,6-17,24-25H2,1-5H3. The van der Waals surface area contributed by atoms with E-state index in [9.17, 15) is 0 Å². The Morgan fingerprint density at radius 3 is 1.58 bits per heavy atom. The van der Waals surface area contributed by atoms with Gasteiger partial charge < -0.3 is 0 Å². The zero-order chi connectivity index (χ0) is 27.0. The molecule has 1 aliphatic rings. The fourth-order valence-electron chi connectivity index (χ4n) is 6.79. The summed E-state index contributed by atoms with van der Waals surface area (Å²) >= 11 is 0. The quantitative estimate of drug-likeness (QED) is 0.179. The van der Waals surface area contributed by atoms with E-state index in [2.05, 4.69) is 89.2 Å². The molecule has 0 fully saturated rings. The minimum atomic E-state index is 0.155. The van der Waals surface area contributed by atoms with Gasteiger partial charge in [0, 0.05) is 5.41 Å². The summed E-state index contributed by atoms with van der Waals surface area (Å²) in [6, 6.07) is 21.7. The van der Waals surface area contributed by atoms with Crippen LogP contribution in [0.25, 0.3) is 22.3 Å². The average Bonchev–Trinajstić information content (AvgIpc) is 3.18. The Kier molecular flexibility index (Phi) is 10.3. The normalized spacial score (nSPS) is 13.5. The number of aryl methyl sites for hydroxylation is 3. The molecule has 0 nitrogen and oxygen atoms in total. The van der Waals surface area contributed by atoms with E-state index >= 15 is 0 Å². The van der Waals surface area contributed by atoms with Crippen LogP contribution in [0.5, 0.6) is 0 Å². The SMILES string of the molecule is CCCCCCCCC1(CCCCCCCC)c2cc(C)ccc2-c2ccc(-c3ccc(C)c(C)c3)cc21. The first-order chi connectivity index (χ1) is 18.5. The molecule has 1 aliphatic carbocycles. The van der Waals surface area contributed by atoms with Crippen LogP contribution in [0.15, 0.2) is 54.6 Å². The molecule has 0 saturated heterocycles. The molecule has 4 rings (SSSR count). The molecule has 0 amide bonds. The number of fused-ring (bicyclic) bond motifs is 3. The summed E-state index contributed by atoms with van der Waals surface area (Å²) in [5.41, 5.74) is 13.3.